The summed E-state index contributed by atoms with van der Waals surface area (Å²) in [6.07, 6.45) is 1.51. The Labute approximate surface area is 158 Å². The van der Waals surface area contributed by atoms with Gasteiger partial charge in [-0.05, 0) is 37.3 Å². The number of hydrogen-bond donors (Lipinski definition) is 2. The number of hydrogen-bond acceptors (Lipinski definition) is 5. The van der Waals surface area contributed by atoms with Crippen molar-refractivity contribution in [2.24, 2.45) is 0 Å². The lowest BCUT2D eigenvalue weighted by atomic mass is 10.3. The number of rotatable bonds is 3. The van der Waals surface area contributed by atoms with Gasteiger partial charge in [-0.15, -0.1) is 11.3 Å². The molecule has 0 aliphatic rings. The summed E-state index contributed by atoms with van der Waals surface area (Å²) in [5.41, 5.74) is 6.79. The zero-order chi connectivity index (χ0) is 18.8. The standard InChI is InChI=1S/C19H15N5O2S/c1-12-14-11-16(18(26)22-21-17(25)15-9-5-6-10-20-15)27-19(14)24(23-12)13-7-3-2-4-8-13/h2-11H,1H3,(H,21,25)(H,22,26). The molecular weight excluding hydrogens is 362 g/mol. The molecule has 2 amide bonds. The summed E-state index contributed by atoms with van der Waals surface area (Å²) in [6, 6.07) is 16.5. The van der Waals surface area contributed by atoms with Crippen LogP contribution in [0.3, 0.4) is 0 Å². The van der Waals surface area contributed by atoms with Gasteiger partial charge >= 0.3 is 0 Å². The molecule has 4 rings (SSSR count). The molecule has 134 valence electrons. The van der Waals surface area contributed by atoms with E-state index in [9.17, 15) is 9.59 Å². The fraction of sp³-hybridized carbons (Fsp3) is 0.0526. The van der Waals surface area contributed by atoms with Gasteiger partial charge in [0.15, 0.2) is 0 Å². The maximum atomic E-state index is 12.4. The first kappa shape index (κ1) is 16.9. The van der Waals surface area contributed by atoms with Crippen LogP contribution >= 0.6 is 11.3 Å². The summed E-state index contributed by atoms with van der Waals surface area (Å²) in [6.45, 7) is 1.90. The minimum absolute atomic E-state index is 0.227. The molecule has 0 saturated heterocycles. The van der Waals surface area contributed by atoms with Gasteiger partial charge in [-0.3, -0.25) is 25.4 Å². The topological polar surface area (TPSA) is 88.9 Å². The van der Waals surface area contributed by atoms with Crippen LogP contribution in [0.1, 0.15) is 25.9 Å². The number of amides is 2. The number of hydrazine groups is 1. The number of benzene rings is 1. The van der Waals surface area contributed by atoms with E-state index in [1.54, 1.807) is 24.3 Å². The van der Waals surface area contributed by atoms with Gasteiger partial charge in [0.2, 0.25) is 0 Å². The molecule has 0 aliphatic carbocycles. The summed E-state index contributed by atoms with van der Waals surface area (Å²) in [4.78, 5) is 29.7. The highest BCUT2D eigenvalue weighted by Gasteiger charge is 2.17. The fourth-order valence-corrected chi connectivity index (χ4v) is 3.72. The molecule has 1 aromatic carbocycles. The monoisotopic (exact) mass is 377 g/mol. The molecule has 0 bridgehead atoms. The fourth-order valence-electron chi connectivity index (χ4n) is 2.64. The lowest BCUT2D eigenvalue weighted by Crippen LogP contribution is -2.41. The molecule has 0 aliphatic heterocycles. The molecule has 4 aromatic rings. The van der Waals surface area contributed by atoms with Crippen LogP contribution in [0, 0.1) is 6.92 Å². The van der Waals surface area contributed by atoms with Gasteiger partial charge in [-0.25, -0.2) is 4.68 Å². The second kappa shape index (κ2) is 7.00. The van der Waals surface area contributed by atoms with Crippen molar-refractivity contribution < 1.29 is 9.59 Å². The van der Waals surface area contributed by atoms with E-state index < -0.39 is 5.91 Å². The molecule has 0 saturated carbocycles. The van der Waals surface area contributed by atoms with Crippen molar-refractivity contribution in [1.29, 1.82) is 0 Å². The Morgan fingerprint density at radius 1 is 1.00 bits per heavy atom. The zero-order valence-corrected chi connectivity index (χ0v) is 15.2. The summed E-state index contributed by atoms with van der Waals surface area (Å²) < 4.78 is 1.82. The normalized spacial score (nSPS) is 10.7. The number of nitrogens with zero attached hydrogens (tertiary/aromatic N) is 3. The highest BCUT2D eigenvalue weighted by molar-refractivity contribution is 7.20. The van der Waals surface area contributed by atoms with E-state index in [0.717, 1.165) is 21.6 Å². The van der Waals surface area contributed by atoms with Gasteiger partial charge in [-0.2, -0.15) is 5.10 Å². The Morgan fingerprint density at radius 3 is 2.48 bits per heavy atom. The second-order valence-electron chi connectivity index (χ2n) is 5.79. The van der Waals surface area contributed by atoms with E-state index in [1.165, 1.54) is 17.5 Å². The van der Waals surface area contributed by atoms with E-state index in [1.807, 2.05) is 41.9 Å². The Balaban J connectivity index is 1.55. The molecule has 2 N–H and O–H groups in total. The molecule has 0 unspecified atom stereocenters. The molecule has 0 fully saturated rings. The third-order valence-electron chi connectivity index (χ3n) is 3.96. The number of nitrogens with one attached hydrogen (secondary N) is 2. The minimum atomic E-state index is -0.475. The van der Waals surface area contributed by atoms with Gasteiger partial charge in [0.1, 0.15) is 10.5 Å². The van der Waals surface area contributed by atoms with Crippen molar-refractivity contribution in [2.45, 2.75) is 6.92 Å². The van der Waals surface area contributed by atoms with Crippen LogP contribution in [-0.2, 0) is 0 Å². The van der Waals surface area contributed by atoms with Crippen molar-refractivity contribution in [3.05, 3.63) is 77.1 Å². The van der Waals surface area contributed by atoms with E-state index >= 15 is 0 Å². The molecule has 0 spiro atoms. The lowest BCUT2D eigenvalue weighted by Gasteiger charge is -2.05. The number of thiophene rings is 1. The first-order valence-electron chi connectivity index (χ1n) is 8.20. The summed E-state index contributed by atoms with van der Waals surface area (Å²) >= 11 is 1.32. The van der Waals surface area contributed by atoms with E-state index in [2.05, 4.69) is 20.9 Å². The van der Waals surface area contributed by atoms with Gasteiger partial charge < -0.3 is 0 Å². The zero-order valence-electron chi connectivity index (χ0n) is 14.3. The highest BCUT2D eigenvalue weighted by Crippen LogP contribution is 2.30. The van der Waals surface area contributed by atoms with E-state index in [0.29, 0.717) is 4.88 Å². The smallest absolute Gasteiger partial charge is 0.266 e. The third-order valence-corrected chi connectivity index (χ3v) is 5.07. The van der Waals surface area contributed by atoms with E-state index in [4.69, 9.17) is 0 Å². The van der Waals surface area contributed by atoms with Crippen molar-refractivity contribution in [2.75, 3.05) is 0 Å². The maximum Gasteiger partial charge on any atom is 0.288 e. The third kappa shape index (κ3) is 3.30. The second-order valence-corrected chi connectivity index (χ2v) is 6.82. The summed E-state index contributed by atoms with van der Waals surface area (Å²) in [5.74, 6) is -0.865. The van der Waals surface area contributed by atoms with Crippen molar-refractivity contribution in [3.8, 4) is 5.69 Å². The SMILES string of the molecule is Cc1nn(-c2ccccc2)c2sc(C(=O)NNC(=O)c3ccccn3)cc12. The molecular formula is C19H15N5O2S. The highest BCUT2D eigenvalue weighted by atomic mass is 32.1. The molecule has 0 atom stereocenters. The van der Waals surface area contributed by atoms with Crippen LogP contribution < -0.4 is 10.9 Å². The quantitative estimate of drug-likeness (QED) is 0.537. The van der Waals surface area contributed by atoms with Gasteiger partial charge in [0, 0.05) is 11.6 Å². The van der Waals surface area contributed by atoms with Crippen LogP contribution in [0.5, 0.6) is 0 Å². The first-order chi connectivity index (χ1) is 13.1. The largest absolute Gasteiger partial charge is 0.288 e. The van der Waals surface area contributed by atoms with E-state index in [-0.39, 0.29) is 11.6 Å². The Morgan fingerprint density at radius 2 is 1.74 bits per heavy atom. The molecule has 3 aromatic heterocycles. The number of aryl methyl sites for hydroxylation is 1. The number of carbonyl (C=O) groups is 2. The average Bonchev–Trinajstić information content (AvgIpc) is 3.28. The van der Waals surface area contributed by atoms with Crippen LogP contribution in [0.25, 0.3) is 15.9 Å². The number of para-hydroxylation sites is 1. The number of pyridine rings is 1. The molecule has 7 nitrogen and oxygen atoms in total. The van der Waals surface area contributed by atoms with Gasteiger partial charge in [-0.1, -0.05) is 24.3 Å². The Bertz CT molecular complexity index is 1120. The number of carbonyl (C=O) groups excluding carboxylic acids is 2. The van der Waals surface area contributed by atoms with Crippen LogP contribution in [0.15, 0.2) is 60.8 Å². The maximum absolute atomic E-state index is 12.4. The van der Waals surface area contributed by atoms with Crippen molar-refractivity contribution >= 4 is 33.4 Å². The Hall–Kier alpha value is -3.52. The Kier molecular flexibility index (Phi) is 4.39. The predicted molar refractivity (Wildman–Crippen MR) is 103 cm³/mol. The molecule has 3 heterocycles. The molecule has 0 radical (unpaired) electrons. The van der Waals surface area contributed by atoms with Gasteiger partial charge in [0.25, 0.3) is 11.8 Å². The first-order valence-corrected chi connectivity index (χ1v) is 9.01. The summed E-state index contributed by atoms with van der Waals surface area (Å²) in [5, 5.41) is 5.46. The van der Waals surface area contributed by atoms with Crippen molar-refractivity contribution in [1.82, 2.24) is 25.6 Å². The van der Waals surface area contributed by atoms with Crippen molar-refractivity contribution in [3.63, 3.8) is 0 Å². The molecule has 8 heteroatoms. The lowest BCUT2D eigenvalue weighted by molar-refractivity contribution is 0.0846. The number of fused-ring (bicyclic) bond motifs is 1. The van der Waals surface area contributed by atoms with Crippen LogP contribution in [0.4, 0.5) is 0 Å². The van der Waals surface area contributed by atoms with Crippen LogP contribution in [-0.4, -0.2) is 26.6 Å². The predicted octanol–water partition coefficient (Wildman–Crippen LogP) is 2.87. The average molecular weight is 377 g/mol. The molecule has 27 heavy (non-hydrogen) atoms. The minimum Gasteiger partial charge on any atom is -0.266 e. The van der Waals surface area contributed by atoms with Gasteiger partial charge in [0.05, 0.1) is 16.3 Å². The summed E-state index contributed by atoms with van der Waals surface area (Å²) in [7, 11) is 0. The number of aromatic nitrogens is 3. The van der Waals surface area contributed by atoms with Crippen LogP contribution in [0.2, 0.25) is 0 Å².